The minimum atomic E-state index is -4.00. The number of carbonyl (C=O) groups is 3. The summed E-state index contributed by atoms with van der Waals surface area (Å²) in [5, 5.41) is 2.47. The van der Waals surface area contributed by atoms with Crippen molar-refractivity contribution in [2.45, 2.75) is 9.79 Å². The number of aromatic nitrogens is 1. The Hall–Kier alpha value is -3.56. The molecule has 0 saturated heterocycles. The fraction of sp³-hybridized carbons (Fsp3) is 0. The van der Waals surface area contributed by atoms with Gasteiger partial charge in [0.1, 0.15) is 5.15 Å². The van der Waals surface area contributed by atoms with Gasteiger partial charge in [-0.05, 0) is 42.5 Å². The molecule has 1 aliphatic rings. The van der Waals surface area contributed by atoms with Crippen molar-refractivity contribution in [2.24, 2.45) is 5.73 Å². The van der Waals surface area contributed by atoms with Crippen molar-refractivity contribution in [1.82, 2.24) is 4.98 Å². The number of benzene rings is 2. The largest absolute Gasteiger partial charge is 0.364 e. The van der Waals surface area contributed by atoms with Gasteiger partial charge in [-0.25, -0.2) is 13.4 Å². The van der Waals surface area contributed by atoms with Gasteiger partial charge in [0.15, 0.2) is 11.5 Å². The van der Waals surface area contributed by atoms with Crippen LogP contribution < -0.4 is 11.1 Å². The molecule has 0 radical (unpaired) electrons. The number of nitrogens with one attached hydrogen (secondary N) is 1. The first-order chi connectivity index (χ1) is 14.2. The van der Waals surface area contributed by atoms with Crippen molar-refractivity contribution >= 4 is 44.7 Å². The highest BCUT2D eigenvalue weighted by atomic mass is 35.5. The van der Waals surface area contributed by atoms with Crippen LogP contribution in [0.1, 0.15) is 36.8 Å². The van der Waals surface area contributed by atoms with Crippen LogP contribution in [0.3, 0.4) is 0 Å². The summed E-state index contributed by atoms with van der Waals surface area (Å²) in [6, 6.07) is 12.3. The lowest BCUT2D eigenvalue weighted by molar-refractivity contribution is 0.0994. The predicted octanol–water partition coefficient (Wildman–Crippen LogP) is 2.46. The molecular formula is C20H12ClN3O5S. The lowest BCUT2D eigenvalue weighted by Crippen LogP contribution is -2.22. The van der Waals surface area contributed by atoms with Gasteiger partial charge in [-0.3, -0.25) is 14.4 Å². The van der Waals surface area contributed by atoms with E-state index in [1.54, 1.807) is 6.07 Å². The molecule has 30 heavy (non-hydrogen) atoms. The third kappa shape index (κ3) is 3.14. The van der Waals surface area contributed by atoms with Crippen molar-refractivity contribution in [1.29, 1.82) is 0 Å². The minimum absolute atomic E-state index is 0.0128. The SMILES string of the molecule is NC(=O)c1nc(Cl)ccc1NC(=O)c1ccc2c(c1)S(=O)(=O)c1ccccc1C2=O. The molecule has 0 saturated carbocycles. The first-order valence-corrected chi connectivity index (χ1v) is 10.4. The maximum Gasteiger partial charge on any atom is 0.269 e. The van der Waals surface area contributed by atoms with Crippen LogP contribution in [-0.2, 0) is 9.84 Å². The molecule has 0 fully saturated rings. The van der Waals surface area contributed by atoms with Gasteiger partial charge in [0.2, 0.25) is 9.84 Å². The van der Waals surface area contributed by atoms with Crippen LogP contribution in [0.25, 0.3) is 0 Å². The standard InChI is InChI=1S/C20H12ClN3O5S/c21-16-8-7-13(17(24-16)19(22)26)23-20(27)10-5-6-12-15(9-10)30(28,29)14-4-2-1-3-11(14)18(12)25/h1-9H,(H2,22,26)(H,23,27). The van der Waals surface area contributed by atoms with E-state index in [1.807, 2.05) is 0 Å². The molecule has 3 N–H and O–H groups in total. The van der Waals surface area contributed by atoms with Gasteiger partial charge in [-0.1, -0.05) is 23.7 Å². The van der Waals surface area contributed by atoms with Crippen LogP contribution in [0, 0.1) is 0 Å². The van der Waals surface area contributed by atoms with Gasteiger partial charge in [0, 0.05) is 16.7 Å². The summed E-state index contributed by atoms with van der Waals surface area (Å²) >= 11 is 5.75. The van der Waals surface area contributed by atoms with Gasteiger partial charge in [0.05, 0.1) is 15.5 Å². The Labute approximate surface area is 175 Å². The van der Waals surface area contributed by atoms with E-state index >= 15 is 0 Å². The number of nitrogens with zero attached hydrogens (tertiary/aromatic N) is 1. The Morgan fingerprint density at radius 2 is 1.67 bits per heavy atom. The van der Waals surface area contributed by atoms with Gasteiger partial charge in [-0.15, -0.1) is 0 Å². The van der Waals surface area contributed by atoms with Gasteiger partial charge < -0.3 is 11.1 Å². The second kappa shape index (κ2) is 7.05. The lowest BCUT2D eigenvalue weighted by atomic mass is 10.0. The summed E-state index contributed by atoms with van der Waals surface area (Å²) in [5.74, 6) is -2.06. The highest BCUT2D eigenvalue weighted by Crippen LogP contribution is 2.34. The summed E-state index contributed by atoms with van der Waals surface area (Å²) in [6.07, 6.45) is 0. The number of carbonyl (C=O) groups excluding carboxylic acids is 3. The fourth-order valence-corrected chi connectivity index (χ4v) is 4.97. The van der Waals surface area contributed by atoms with E-state index in [-0.39, 0.29) is 43.0 Å². The van der Waals surface area contributed by atoms with Crippen LogP contribution >= 0.6 is 11.6 Å². The number of amides is 2. The molecule has 1 aliphatic heterocycles. The molecule has 150 valence electrons. The van der Waals surface area contributed by atoms with Crippen LogP contribution in [0.5, 0.6) is 0 Å². The first kappa shape index (κ1) is 19.7. The molecule has 0 unspecified atom stereocenters. The van der Waals surface area contributed by atoms with Crippen molar-refractivity contribution in [2.75, 3.05) is 5.32 Å². The zero-order valence-corrected chi connectivity index (χ0v) is 16.6. The van der Waals surface area contributed by atoms with E-state index in [1.165, 1.54) is 42.5 Å². The summed E-state index contributed by atoms with van der Waals surface area (Å²) in [7, 11) is -4.00. The number of hydrogen-bond acceptors (Lipinski definition) is 6. The first-order valence-electron chi connectivity index (χ1n) is 8.50. The molecular weight excluding hydrogens is 430 g/mol. The number of hydrogen-bond donors (Lipinski definition) is 2. The van der Waals surface area contributed by atoms with Crippen LogP contribution in [-0.4, -0.2) is 31.0 Å². The fourth-order valence-electron chi connectivity index (χ4n) is 3.14. The Bertz CT molecular complexity index is 1370. The number of sulfone groups is 1. The second-order valence-corrected chi connectivity index (χ2v) is 8.66. The average molecular weight is 442 g/mol. The average Bonchev–Trinajstić information content (AvgIpc) is 2.73. The lowest BCUT2D eigenvalue weighted by Gasteiger charge is -2.19. The Morgan fingerprint density at radius 3 is 2.40 bits per heavy atom. The molecule has 0 atom stereocenters. The number of nitrogens with two attached hydrogens (primary N) is 1. The van der Waals surface area contributed by atoms with Crippen LogP contribution in [0.15, 0.2) is 64.4 Å². The zero-order chi connectivity index (χ0) is 21.6. The molecule has 0 spiro atoms. The Balaban J connectivity index is 1.76. The number of pyridine rings is 1. The van der Waals surface area contributed by atoms with E-state index < -0.39 is 27.4 Å². The molecule has 2 aromatic carbocycles. The van der Waals surface area contributed by atoms with E-state index in [2.05, 4.69) is 10.3 Å². The number of anilines is 1. The van der Waals surface area contributed by atoms with Gasteiger partial charge in [-0.2, -0.15) is 0 Å². The maximum atomic E-state index is 13.0. The maximum absolute atomic E-state index is 13.0. The highest BCUT2D eigenvalue weighted by molar-refractivity contribution is 7.91. The molecule has 3 aromatic rings. The predicted molar refractivity (Wildman–Crippen MR) is 107 cm³/mol. The summed E-state index contributed by atoms with van der Waals surface area (Å²) in [6.45, 7) is 0. The number of ketones is 1. The molecule has 8 nitrogen and oxygen atoms in total. The monoisotopic (exact) mass is 441 g/mol. The quantitative estimate of drug-likeness (QED) is 0.468. The summed E-state index contributed by atoms with van der Waals surface area (Å²) in [5.41, 5.74) is 5.06. The van der Waals surface area contributed by atoms with Crippen molar-refractivity contribution in [3.8, 4) is 0 Å². The Morgan fingerprint density at radius 1 is 0.967 bits per heavy atom. The molecule has 2 heterocycles. The van der Waals surface area contributed by atoms with Crippen LogP contribution in [0.2, 0.25) is 5.15 Å². The summed E-state index contributed by atoms with van der Waals surface area (Å²) < 4.78 is 26.0. The minimum Gasteiger partial charge on any atom is -0.364 e. The number of halogens is 1. The smallest absolute Gasteiger partial charge is 0.269 e. The van der Waals surface area contributed by atoms with Crippen molar-refractivity contribution in [3.63, 3.8) is 0 Å². The van der Waals surface area contributed by atoms with E-state index in [9.17, 15) is 22.8 Å². The van der Waals surface area contributed by atoms with Crippen molar-refractivity contribution < 1.29 is 22.8 Å². The van der Waals surface area contributed by atoms with Gasteiger partial charge >= 0.3 is 0 Å². The van der Waals surface area contributed by atoms with Gasteiger partial charge in [0.25, 0.3) is 11.8 Å². The normalized spacial score (nSPS) is 13.8. The second-order valence-electron chi connectivity index (χ2n) is 6.39. The molecule has 10 heteroatoms. The Kier molecular flexibility index (Phi) is 4.64. The van der Waals surface area contributed by atoms with Crippen LogP contribution in [0.4, 0.5) is 5.69 Å². The topological polar surface area (TPSA) is 136 Å². The highest BCUT2D eigenvalue weighted by Gasteiger charge is 2.35. The number of fused-ring (bicyclic) bond motifs is 2. The number of rotatable bonds is 3. The van der Waals surface area contributed by atoms with E-state index in [0.29, 0.717) is 0 Å². The van der Waals surface area contributed by atoms with E-state index in [4.69, 9.17) is 17.3 Å². The molecule has 4 rings (SSSR count). The number of primary amides is 1. The molecule has 0 aliphatic carbocycles. The summed E-state index contributed by atoms with van der Waals surface area (Å²) in [4.78, 5) is 40.3. The van der Waals surface area contributed by atoms with Crippen molar-refractivity contribution in [3.05, 3.63) is 82.1 Å². The molecule has 2 amide bonds. The molecule has 0 bridgehead atoms. The molecule has 1 aromatic heterocycles. The third-order valence-electron chi connectivity index (χ3n) is 4.54. The third-order valence-corrected chi connectivity index (χ3v) is 6.60. The zero-order valence-electron chi connectivity index (χ0n) is 15.0. The van der Waals surface area contributed by atoms with E-state index in [0.717, 1.165) is 6.07 Å².